The minimum atomic E-state index is -1.63. The predicted octanol–water partition coefficient (Wildman–Crippen LogP) is 9.33. The van der Waals surface area contributed by atoms with Crippen LogP contribution < -0.4 is 0 Å². The highest BCUT2D eigenvalue weighted by atomic mass is 28.4. The molecule has 34 heavy (non-hydrogen) atoms. The topological polar surface area (TPSA) is 26.3 Å². The fraction of sp³-hybridized carbons (Fsp3) is 0.968. The first kappa shape index (κ1) is 26.9. The molecule has 0 aromatic heterocycles. The molecule has 4 aliphatic carbocycles. The molecule has 0 unspecified atom stereocenters. The predicted molar refractivity (Wildman–Crippen MR) is 147 cm³/mol. The van der Waals surface area contributed by atoms with Gasteiger partial charge in [-0.1, -0.05) is 73.1 Å². The van der Waals surface area contributed by atoms with Crippen LogP contribution in [0.3, 0.4) is 0 Å². The fourth-order valence-electron chi connectivity index (χ4n) is 9.50. The number of fused-ring (bicyclic) bond motifs is 5. The quantitative estimate of drug-likeness (QED) is 0.271. The first-order valence-electron chi connectivity index (χ1n) is 15.5. The fourth-order valence-corrected chi connectivity index (χ4v) is 14.5. The Bertz CT molecular complexity index is 669. The van der Waals surface area contributed by atoms with Gasteiger partial charge in [-0.3, -0.25) is 4.79 Å². The van der Waals surface area contributed by atoms with Crippen molar-refractivity contribution in [3.63, 3.8) is 0 Å². The molecule has 0 aliphatic heterocycles. The van der Waals surface area contributed by atoms with Crippen LogP contribution in [0.1, 0.15) is 131 Å². The highest BCUT2D eigenvalue weighted by Crippen LogP contribution is 2.65. The number of rotatable bonds is 11. The lowest BCUT2D eigenvalue weighted by molar-refractivity contribution is -0.141. The zero-order chi connectivity index (χ0) is 24.4. The maximum absolute atomic E-state index is 12.8. The van der Waals surface area contributed by atoms with Gasteiger partial charge in [0.05, 0.1) is 0 Å². The summed E-state index contributed by atoms with van der Waals surface area (Å²) in [5.41, 5.74) is 0.518. The average molecular weight is 489 g/mol. The average Bonchev–Trinajstić information content (AvgIpc) is 3.14. The molecule has 0 saturated heterocycles. The molecule has 0 bridgehead atoms. The molecule has 0 spiro atoms. The van der Waals surface area contributed by atoms with E-state index in [1.807, 2.05) is 0 Å². The SMILES string of the molecule is CCCC[Si](CCCC)(CCCC)O[C@H]1CC[C@@]2(C)[C@@H](CC[C@@H]3[C@@H]2CC[C@]2(C)C(=O)CC[C@@H]32)C1. The van der Waals surface area contributed by atoms with Crippen molar-refractivity contribution in [3.05, 3.63) is 0 Å². The molecule has 3 heteroatoms. The Morgan fingerprint density at radius 1 is 0.824 bits per heavy atom. The van der Waals surface area contributed by atoms with Crippen LogP contribution in [0.4, 0.5) is 0 Å². The Hall–Kier alpha value is -0.153. The van der Waals surface area contributed by atoms with Crippen molar-refractivity contribution >= 4 is 14.1 Å². The minimum Gasteiger partial charge on any atom is -0.414 e. The number of Topliss-reactive ketones (excluding diaryl/α,β-unsaturated/α-hetero) is 1. The summed E-state index contributed by atoms with van der Waals surface area (Å²) in [6.07, 6.45) is 19.9. The monoisotopic (exact) mass is 488 g/mol. The Labute approximate surface area is 212 Å². The third-order valence-corrected chi connectivity index (χ3v) is 16.3. The van der Waals surface area contributed by atoms with Gasteiger partial charge >= 0.3 is 0 Å². The summed E-state index contributed by atoms with van der Waals surface area (Å²) in [6.45, 7) is 12.1. The van der Waals surface area contributed by atoms with Gasteiger partial charge in [0.25, 0.3) is 0 Å². The molecule has 4 fully saturated rings. The van der Waals surface area contributed by atoms with E-state index < -0.39 is 8.32 Å². The molecule has 196 valence electrons. The van der Waals surface area contributed by atoms with Crippen molar-refractivity contribution in [2.75, 3.05) is 0 Å². The van der Waals surface area contributed by atoms with Crippen LogP contribution in [0.25, 0.3) is 0 Å². The molecule has 2 nitrogen and oxygen atoms in total. The minimum absolute atomic E-state index is 0.0215. The van der Waals surface area contributed by atoms with Crippen LogP contribution in [0.15, 0.2) is 0 Å². The molecule has 0 N–H and O–H groups in total. The van der Waals surface area contributed by atoms with Gasteiger partial charge in [0, 0.05) is 17.9 Å². The first-order chi connectivity index (χ1) is 16.3. The van der Waals surface area contributed by atoms with Gasteiger partial charge in [-0.2, -0.15) is 0 Å². The number of hydrogen-bond donors (Lipinski definition) is 0. The summed E-state index contributed by atoms with van der Waals surface area (Å²) in [5, 5.41) is 0. The maximum Gasteiger partial charge on any atom is 0.193 e. The van der Waals surface area contributed by atoms with Crippen molar-refractivity contribution in [2.45, 2.75) is 155 Å². The molecular weight excluding hydrogens is 432 g/mol. The number of carbonyl (C=O) groups is 1. The largest absolute Gasteiger partial charge is 0.414 e. The highest BCUT2D eigenvalue weighted by molar-refractivity contribution is 6.73. The number of unbranched alkanes of at least 4 members (excludes halogenated alkanes) is 3. The van der Waals surface area contributed by atoms with E-state index in [9.17, 15) is 4.79 Å². The second-order valence-electron chi connectivity index (χ2n) is 13.6. The summed E-state index contributed by atoms with van der Waals surface area (Å²) in [7, 11) is -1.63. The van der Waals surface area contributed by atoms with Gasteiger partial charge in [0.1, 0.15) is 5.78 Å². The van der Waals surface area contributed by atoms with Crippen molar-refractivity contribution in [1.29, 1.82) is 0 Å². The van der Waals surface area contributed by atoms with E-state index >= 15 is 0 Å². The van der Waals surface area contributed by atoms with Gasteiger partial charge in [-0.15, -0.1) is 0 Å². The Balaban J connectivity index is 1.45. The van der Waals surface area contributed by atoms with E-state index in [2.05, 4.69) is 34.6 Å². The van der Waals surface area contributed by atoms with E-state index in [-0.39, 0.29) is 5.41 Å². The van der Waals surface area contributed by atoms with Gasteiger partial charge < -0.3 is 4.43 Å². The first-order valence-corrected chi connectivity index (χ1v) is 18.1. The molecule has 7 atom stereocenters. The van der Waals surface area contributed by atoms with Gasteiger partial charge in [0.2, 0.25) is 0 Å². The maximum atomic E-state index is 12.8. The lowest BCUT2D eigenvalue weighted by Gasteiger charge is -2.60. The van der Waals surface area contributed by atoms with Gasteiger partial charge in [-0.05, 0) is 98.6 Å². The molecule has 0 radical (unpaired) electrons. The molecule has 0 heterocycles. The van der Waals surface area contributed by atoms with Crippen LogP contribution >= 0.6 is 0 Å². The van der Waals surface area contributed by atoms with Crippen LogP contribution in [0.5, 0.6) is 0 Å². The van der Waals surface area contributed by atoms with Crippen LogP contribution in [-0.4, -0.2) is 20.2 Å². The van der Waals surface area contributed by atoms with Crippen LogP contribution in [0, 0.1) is 34.5 Å². The molecule has 0 amide bonds. The zero-order valence-electron chi connectivity index (χ0n) is 23.4. The van der Waals surface area contributed by atoms with Crippen molar-refractivity contribution < 1.29 is 9.22 Å². The molecule has 4 aliphatic rings. The standard InChI is InChI=1S/C31H56O2Si/c1-6-9-20-34(21-10-7-2,22-11-8-3)33-25-16-18-30(4)24(23-25)12-13-26-27-14-15-29(32)31(27,5)19-17-28(26)30/h24-28H,6-23H2,1-5H3/t24-,25-,26-,27-,28-,30-,31-/m0/s1. The Morgan fingerprint density at radius 3 is 2.09 bits per heavy atom. The third-order valence-electron chi connectivity index (χ3n) is 11.7. The van der Waals surface area contributed by atoms with Gasteiger partial charge in [0.15, 0.2) is 8.32 Å². The highest BCUT2D eigenvalue weighted by Gasteiger charge is 2.60. The van der Waals surface area contributed by atoms with Crippen molar-refractivity contribution in [3.8, 4) is 0 Å². The van der Waals surface area contributed by atoms with Crippen LogP contribution in [0.2, 0.25) is 18.1 Å². The second kappa shape index (κ2) is 11.1. The summed E-state index contributed by atoms with van der Waals surface area (Å²) in [5.74, 6) is 3.80. The third kappa shape index (κ3) is 5.00. The molecule has 0 aromatic rings. The zero-order valence-corrected chi connectivity index (χ0v) is 24.4. The van der Waals surface area contributed by atoms with Crippen molar-refractivity contribution in [2.24, 2.45) is 34.5 Å². The van der Waals surface area contributed by atoms with E-state index in [1.54, 1.807) is 0 Å². The number of ketones is 1. The van der Waals surface area contributed by atoms with E-state index in [4.69, 9.17) is 4.43 Å². The summed E-state index contributed by atoms with van der Waals surface area (Å²) < 4.78 is 7.41. The van der Waals surface area contributed by atoms with E-state index in [1.165, 1.54) is 108 Å². The number of hydrogen-bond acceptors (Lipinski definition) is 2. The molecule has 4 saturated carbocycles. The van der Waals surface area contributed by atoms with E-state index in [0.29, 0.717) is 23.2 Å². The molecule has 4 rings (SSSR count). The van der Waals surface area contributed by atoms with Crippen LogP contribution in [-0.2, 0) is 9.22 Å². The Morgan fingerprint density at radius 2 is 1.47 bits per heavy atom. The normalized spacial score (nSPS) is 40.0. The lowest BCUT2D eigenvalue weighted by Crippen LogP contribution is -2.55. The summed E-state index contributed by atoms with van der Waals surface area (Å²) in [4.78, 5) is 12.8. The summed E-state index contributed by atoms with van der Waals surface area (Å²) in [6, 6.07) is 4.21. The number of carbonyl (C=O) groups excluding carboxylic acids is 1. The molecular formula is C31H56O2Si. The lowest BCUT2D eigenvalue weighted by atomic mass is 9.45. The summed E-state index contributed by atoms with van der Waals surface area (Å²) >= 11 is 0. The van der Waals surface area contributed by atoms with Gasteiger partial charge in [-0.25, -0.2) is 0 Å². The Kier molecular flexibility index (Phi) is 8.76. The van der Waals surface area contributed by atoms with Crippen molar-refractivity contribution in [1.82, 2.24) is 0 Å². The van der Waals surface area contributed by atoms with E-state index in [0.717, 1.165) is 24.2 Å². The second-order valence-corrected chi connectivity index (χ2v) is 17.7. The smallest absolute Gasteiger partial charge is 0.193 e. The molecule has 0 aromatic carbocycles.